The molecule has 1 saturated heterocycles. The molecule has 1 aromatic rings. The maximum atomic E-state index is 13.0. The molecule has 4 rings (SSSR count). The molecule has 4 atom stereocenters. The zero-order valence-electron chi connectivity index (χ0n) is 16.6. The summed E-state index contributed by atoms with van der Waals surface area (Å²) in [5.41, 5.74) is 1.16. The fourth-order valence-corrected chi connectivity index (χ4v) is 4.87. The van der Waals surface area contributed by atoms with Gasteiger partial charge in [-0.3, -0.25) is 4.79 Å². The first-order valence-corrected chi connectivity index (χ1v) is 10.6. The van der Waals surface area contributed by atoms with Crippen molar-refractivity contribution in [2.45, 2.75) is 58.0 Å². The van der Waals surface area contributed by atoms with Crippen molar-refractivity contribution in [1.29, 1.82) is 0 Å². The van der Waals surface area contributed by atoms with Crippen molar-refractivity contribution in [2.24, 2.45) is 11.8 Å². The van der Waals surface area contributed by atoms with E-state index >= 15 is 0 Å². The molecule has 3 aliphatic rings. The van der Waals surface area contributed by atoms with Crippen LogP contribution in [0.2, 0.25) is 0 Å². The molecule has 1 N–H and O–H groups in total. The maximum Gasteiger partial charge on any atom is 0.237 e. The highest BCUT2D eigenvalue weighted by molar-refractivity contribution is 5.79. The average molecular weight is 373 g/mol. The number of nitrogens with zero attached hydrogens (tertiary/aromatic N) is 1. The summed E-state index contributed by atoms with van der Waals surface area (Å²) in [7, 11) is 0. The van der Waals surface area contributed by atoms with Crippen LogP contribution in [0.15, 0.2) is 18.2 Å². The molecule has 1 amide bonds. The Hall–Kier alpha value is -1.75. The molecule has 0 bridgehead atoms. The van der Waals surface area contributed by atoms with Crippen molar-refractivity contribution >= 4 is 5.91 Å². The number of nitrogens with one attached hydrogen (secondary N) is 1. The van der Waals surface area contributed by atoms with Crippen LogP contribution >= 0.6 is 0 Å². The van der Waals surface area contributed by atoms with Crippen LogP contribution in [0.5, 0.6) is 11.5 Å². The first-order valence-electron chi connectivity index (χ1n) is 10.6. The molecule has 1 aliphatic carbocycles. The van der Waals surface area contributed by atoms with Crippen LogP contribution in [0.3, 0.4) is 0 Å². The predicted octanol–water partition coefficient (Wildman–Crippen LogP) is 3.54. The topological polar surface area (TPSA) is 50.8 Å². The standard InChI is InChI=1S/C22H32N2O3/c1-15-5-3-6-18(16(15)2)23-14-22(25)24-10-4-7-19(24)17-8-9-20-21(13-17)27-12-11-26-20/h8-9,13,15-16,18-19,23H,3-7,10-12,14H2,1-2H3. The summed E-state index contributed by atoms with van der Waals surface area (Å²) >= 11 is 0. The highest BCUT2D eigenvalue weighted by Crippen LogP contribution is 2.38. The Morgan fingerprint density at radius 2 is 1.93 bits per heavy atom. The lowest BCUT2D eigenvalue weighted by atomic mass is 9.78. The Balaban J connectivity index is 1.40. The van der Waals surface area contributed by atoms with Gasteiger partial charge in [-0.2, -0.15) is 0 Å². The van der Waals surface area contributed by atoms with Gasteiger partial charge in [-0.05, 0) is 48.8 Å². The number of rotatable bonds is 4. The highest BCUT2D eigenvalue weighted by atomic mass is 16.6. The van der Waals surface area contributed by atoms with E-state index in [9.17, 15) is 4.79 Å². The number of benzene rings is 1. The number of hydrogen-bond donors (Lipinski definition) is 1. The van der Waals surface area contributed by atoms with Gasteiger partial charge in [0, 0.05) is 12.6 Å². The van der Waals surface area contributed by atoms with Gasteiger partial charge in [0.25, 0.3) is 0 Å². The predicted molar refractivity (Wildman–Crippen MR) is 105 cm³/mol. The molecule has 0 aromatic heterocycles. The number of ether oxygens (including phenoxy) is 2. The average Bonchev–Trinajstić information content (AvgIpc) is 3.18. The second kappa shape index (κ2) is 8.09. The van der Waals surface area contributed by atoms with E-state index in [1.165, 1.54) is 19.3 Å². The van der Waals surface area contributed by atoms with Crippen molar-refractivity contribution in [3.63, 3.8) is 0 Å². The molecule has 1 aromatic carbocycles. The van der Waals surface area contributed by atoms with Gasteiger partial charge in [-0.15, -0.1) is 0 Å². The summed E-state index contributed by atoms with van der Waals surface area (Å²) in [5.74, 6) is 3.21. The number of likely N-dealkylation sites (tertiary alicyclic amines) is 1. The van der Waals surface area contributed by atoms with Gasteiger partial charge in [0.1, 0.15) is 13.2 Å². The second-order valence-corrected chi connectivity index (χ2v) is 8.40. The Morgan fingerprint density at radius 1 is 1.11 bits per heavy atom. The molecule has 27 heavy (non-hydrogen) atoms. The minimum absolute atomic E-state index is 0.151. The summed E-state index contributed by atoms with van der Waals surface area (Å²) in [6, 6.07) is 6.74. The van der Waals surface area contributed by atoms with Crippen molar-refractivity contribution in [1.82, 2.24) is 10.2 Å². The highest BCUT2D eigenvalue weighted by Gasteiger charge is 2.32. The molecule has 5 nitrogen and oxygen atoms in total. The molecule has 0 spiro atoms. The van der Waals surface area contributed by atoms with Gasteiger partial charge >= 0.3 is 0 Å². The van der Waals surface area contributed by atoms with E-state index in [2.05, 4.69) is 36.2 Å². The van der Waals surface area contributed by atoms with Gasteiger partial charge < -0.3 is 19.7 Å². The van der Waals surface area contributed by atoms with E-state index in [-0.39, 0.29) is 11.9 Å². The zero-order chi connectivity index (χ0) is 18.8. The number of carbonyl (C=O) groups is 1. The molecule has 0 radical (unpaired) electrons. The lowest BCUT2D eigenvalue weighted by molar-refractivity contribution is -0.131. The Kier molecular flexibility index (Phi) is 5.58. The smallest absolute Gasteiger partial charge is 0.237 e. The minimum atomic E-state index is 0.151. The van der Waals surface area contributed by atoms with E-state index in [0.717, 1.165) is 42.4 Å². The SMILES string of the molecule is CC1CCCC(NCC(=O)N2CCCC2c2ccc3c(c2)OCCO3)C1C. The molecule has 2 fully saturated rings. The van der Waals surface area contributed by atoms with Crippen molar-refractivity contribution in [3.8, 4) is 11.5 Å². The quantitative estimate of drug-likeness (QED) is 0.878. The lowest BCUT2D eigenvalue weighted by Gasteiger charge is -2.35. The first kappa shape index (κ1) is 18.6. The van der Waals surface area contributed by atoms with Gasteiger partial charge in [-0.1, -0.05) is 32.8 Å². The summed E-state index contributed by atoms with van der Waals surface area (Å²) in [6.45, 7) is 7.13. The normalized spacial score (nSPS) is 30.4. The van der Waals surface area contributed by atoms with Crippen LogP contribution in [-0.2, 0) is 4.79 Å². The molecular weight excluding hydrogens is 340 g/mol. The van der Waals surface area contributed by atoms with Crippen LogP contribution in [0.1, 0.15) is 57.6 Å². The molecule has 1 saturated carbocycles. The maximum absolute atomic E-state index is 13.0. The second-order valence-electron chi connectivity index (χ2n) is 8.40. The fraction of sp³-hybridized carbons (Fsp3) is 0.682. The van der Waals surface area contributed by atoms with Crippen molar-refractivity contribution < 1.29 is 14.3 Å². The summed E-state index contributed by atoms with van der Waals surface area (Å²) < 4.78 is 11.4. The van der Waals surface area contributed by atoms with Gasteiger partial charge in [0.05, 0.1) is 12.6 Å². The zero-order valence-corrected chi connectivity index (χ0v) is 16.6. The number of carbonyl (C=O) groups excluding carboxylic acids is 1. The van der Waals surface area contributed by atoms with Crippen LogP contribution in [0.25, 0.3) is 0 Å². The van der Waals surface area contributed by atoms with Gasteiger partial charge in [0.15, 0.2) is 11.5 Å². The van der Waals surface area contributed by atoms with E-state index < -0.39 is 0 Å². The van der Waals surface area contributed by atoms with Crippen LogP contribution in [0, 0.1) is 11.8 Å². The third kappa shape index (κ3) is 3.93. The van der Waals surface area contributed by atoms with E-state index in [0.29, 0.717) is 31.7 Å². The van der Waals surface area contributed by atoms with E-state index in [4.69, 9.17) is 9.47 Å². The number of fused-ring (bicyclic) bond motifs is 1. The van der Waals surface area contributed by atoms with Crippen molar-refractivity contribution in [3.05, 3.63) is 23.8 Å². The molecular formula is C22H32N2O3. The van der Waals surface area contributed by atoms with E-state index in [1.807, 2.05) is 6.07 Å². The number of amides is 1. The van der Waals surface area contributed by atoms with Crippen LogP contribution in [-0.4, -0.2) is 43.2 Å². The third-order valence-corrected chi connectivity index (χ3v) is 6.75. The molecule has 4 unspecified atom stereocenters. The summed E-state index contributed by atoms with van der Waals surface area (Å²) in [4.78, 5) is 15.0. The minimum Gasteiger partial charge on any atom is -0.486 e. The molecule has 2 aliphatic heterocycles. The fourth-order valence-electron chi connectivity index (χ4n) is 4.87. The largest absolute Gasteiger partial charge is 0.486 e. The number of hydrogen-bond acceptors (Lipinski definition) is 4. The van der Waals surface area contributed by atoms with Crippen LogP contribution in [0.4, 0.5) is 0 Å². The summed E-state index contributed by atoms with van der Waals surface area (Å²) in [6.07, 6.45) is 5.83. The Labute approximate surface area is 162 Å². The van der Waals surface area contributed by atoms with E-state index in [1.54, 1.807) is 0 Å². The molecule has 2 heterocycles. The Morgan fingerprint density at radius 3 is 2.78 bits per heavy atom. The van der Waals surface area contributed by atoms with Gasteiger partial charge in [-0.25, -0.2) is 0 Å². The third-order valence-electron chi connectivity index (χ3n) is 6.75. The lowest BCUT2D eigenvalue weighted by Crippen LogP contribution is -2.46. The summed E-state index contributed by atoms with van der Waals surface area (Å²) in [5, 5.41) is 3.56. The van der Waals surface area contributed by atoms with Crippen molar-refractivity contribution in [2.75, 3.05) is 26.3 Å². The first-order chi connectivity index (χ1) is 13.1. The Bertz CT molecular complexity index is 678. The molecule has 148 valence electrons. The van der Waals surface area contributed by atoms with Crippen LogP contribution < -0.4 is 14.8 Å². The van der Waals surface area contributed by atoms with Gasteiger partial charge in [0.2, 0.25) is 5.91 Å². The monoisotopic (exact) mass is 372 g/mol. The molecule has 5 heteroatoms.